The molecule has 2 aliphatic carbocycles. The van der Waals surface area contributed by atoms with E-state index in [2.05, 4.69) is 4.74 Å². The number of rotatable bonds is 2. The van der Waals surface area contributed by atoms with Crippen molar-refractivity contribution in [2.75, 3.05) is 7.05 Å². The van der Waals surface area contributed by atoms with Crippen LogP contribution < -0.4 is 0 Å². The fourth-order valence-corrected chi connectivity index (χ4v) is 3.47. The van der Waals surface area contributed by atoms with E-state index < -0.39 is 12.7 Å². The van der Waals surface area contributed by atoms with Gasteiger partial charge in [-0.05, 0) is 25.0 Å². The zero-order valence-electron chi connectivity index (χ0n) is 10.4. The molecule has 1 amide bonds. The fourth-order valence-electron chi connectivity index (χ4n) is 3.47. The smallest absolute Gasteiger partial charge is 0.387 e. The standard InChI is InChI=1S/C13H15F2NO3/c1-16-9-4-8-7(5-10(9)17)6(12(16)18)2-3-11(8)19-13(14)15/h2-3,7-10,13,17H,4-5H2,1H3. The molecule has 4 atom stereocenters. The minimum absolute atomic E-state index is 0.124. The number of hydrogen-bond donors (Lipinski definition) is 1. The van der Waals surface area contributed by atoms with Crippen LogP contribution in [0.4, 0.5) is 8.78 Å². The third-order valence-electron chi connectivity index (χ3n) is 4.40. The molecule has 0 aromatic carbocycles. The van der Waals surface area contributed by atoms with E-state index in [0.717, 1.165) is 0 Å². The number of ether oxygens (including phenoxy) is 1. The number of nitrogens with zero attached hydrogens (tertiary/aromatic N) is 1. The molecule has 0 spiro atoms. The molecule has 0 radical (unpaired) electrons. The van der Waals surface area contributed by atoms with Gasteiger partial charge in [0, 0.05) is 24.5 Å². The molecule has 1 N–H and O–H groups in total. The van der Waals surface area contributed by atoms with Gasteiger partial charge in [-0.25, -0.2) is 0 Å². The predicted octanol–water partition coefficient (Wildman–Crippen LogP) is 1.28. The highest BCUT2D eigenvalue weighted by molar-refractivity contribution is 5.95. The minimum atomic E-state index is -2.86. The van der Waals surface area contributed by atoms with Crippen LogP contribution >= 0.6 is 0 Å². The number of halogens is 2. The van der Waals surface area contributed by atoms with Gasteiger partial charge in [0.25, 0.3) is 0 Å². The Morgan fingerprint density at radius 2 is 2.11 bits per heavy atom. The Kier molecular flexibility index (Phi) is 2.85. The maximum atomic E-state index is 12.4. The highest BCUT2D eigenvalue weighted by Crippen LogP contribution is 2.47. The van der Waals surface area contributed by atoms with Gasteiger partial charge >= 0.3 is 6.61 Å². The molecule has 3 fully saturated rings. The maximum absolute atomic E-state index is 12.4. The first-order valence-corrected chi connectivity index (χ1v) is 6.31. The van der Waals surface area contributed by atoms with Crippen LogP contribution in [0.25, 0.3) is 0 Å². The number of likely N-dealkylation sites (N-methyl/N-ethyl adjacent to an activating group) is 1. The predicted molar refractivity (Wildman–Crippen MR) is 62.0 cm³/mol. The molecule has 4 bridgehead atoms. The van der Waals surface area contributed by atoms with Gasteiger partial charge in [-0.3, -0.25) is 4.79 Å². The van der Waals surface area contributed by atoms with Crippen molar-refractivity contribution in [3.8, 4) is 0 Å². The van der Waals surface area contributed by atoms with E-state index in [-0.39, 0.29) is 29.5 Å². The van der Waals surface area contributed by atoms with Crippen molar-refractivity contribution in [1.82, 2.24) is 4.90 Å². The van der Waals surface area contributed by atoms with Crippen molar-refractivity contribution in [3.05, 3.63) is 23.5 Å². The highest BCUT2D eigenvalue weighted by Gasteiger charge is 2.49. The van der Waals surface area contributed by atoms with Crippen molar-refractivity contribution in [3.63, 3.8) is 0 Å². The summed E-state index contributed by atoms with van der Waals surface area (Å²) in [4.78, 5) is 13.7. The van der Waals surface area contributed by atoms with Crippen molar-refractivity contribution >= 4 is 5.91 Å². The molecule has 2 saturated heterocycles. The number of aliphatic hydroxyl groups is 1. The number of alkyl halides is 2. The molecule has 1 saturated carbocycles. The maximum Gasteiger partial charge on any atom is 0.387 e. The van der Waals surface area contributed by atoms with Crippen molar-refractivity contribution in [2.45, 2.75) is 31.6 Å². The van der Waals surface area contributed by atoms with Gasteiger partial charge in [-0.2, -0.15) is 8.78 Å². The van der Waals surface area contributed by atoms with E-state index in [1.807, 2.05) is 0 Å². The van der Waals surface area contributed by atoms with E-state index in [4.69, 9.17) is 0 Å². The molecule has 4 nitrogen and oxygen atoms in total. The summed E-state index contributed by atoms with van der Waals surface area (Å²) >= 11 is 0. The lowest BCUT2D eigenvalue weighted by atomic mass is 9.71. The highest BCUT2D eigenvalue weighted by atomic mass is 19.3. The Morgan fingerprint density at radius 3 is 2.79 bits per heavy atom. The van der Waals surface area contributed by atoms with Crippen molar-refractivity contribution in [1.29, 1.82) is 0 Å². The zero-order valence-corrected chi connectivity index (χ0v) is 10.4. The number of hydrogen-bond acceptors (Lipinski definition) is 3. The summed E-state index contributed by atoms with van der Waals surface area (Å²) in [6, 6.07) is -0.331. The number of amides is 1. The molecule has 2 aliphatic heterocycles. The SMILES string of the molecule is CN1C(=O)C2=CC=C(OC(F)F)C3CC1C(O)CC23. The minimum Gasteiger partial charge on any atom is -0.439 e. The van der Waals surface area contributed by atoms with Crippen LogP contribution in [0.1, 0.15) is 12.8 Å². The normalized spacial score (nSPS) is 37.1. The zero-order chi connectivity index (χ0) is 13.7. The van der Waals surface area contributed by atoms with Crippen LogP contribution in [0.3, 0.4) is 0 Å². The third-order valence-corrected chi connectivity index (χ3v) is 4.40. The van der Waals surface area contributed by atoms with E-state index in [0.29, 0.717) is 18.4 Å². The quantitative estimate of drug-likeness (QED) is 0.823. The number of carbonyl (C=O) groups is 1. The summed E-state index contributed by atoms with van der Waals surface area (Å²) in [5, 5.41) is 10.1. The lowest BCUT2D eigenvalue weighted by Gasteiger charge is -2.39. The molecule has 4 aliphatic rings. The van der Waals surface area contributed by atoms with Crippen LogP contribution in [0, 0.1) is 11.8 Å². The molecular weight excluding hydrogens is 256 g/mol. The summed E-state index contributed by atoms with van der Waals surface area (Å²) in [6.45, 7) is -2.86. The van der Waals surface area contributed by atoms with Gasteiger partial charge < -0.3 is 14.7 Å². The van der Waals surface area contributed by atoms with Gasteiger partial charge in [0.05, 0.1) is 12.1 Å². The summed E-state index contributed by atoms with van der Waals surface area (Å²) in [6.07, 6.45) is 3.30. The molecular formula is C13H15F2NO3. The summed E-state index contributed by atoms with van der Waals surface area (Å²) in [5.74, 6) is -0.358. The number of aliphatic hydroxyl groups excluding tert-OH is 1. The Hall–Kier alpha value is -1.43. The molecule has 4 rings (SSSR count). The summed E-state index contributed by atoms with van der Waals surface area (Å²) < 4.78 is 29.4. The monoisotopic (exact) mass is 271 g/mol. The van der Waals surface area contributed by atoms with Crippen LogP contribution in [-0.4, -0.2) is 41.7 Å². The molecule has 6 heteroatoms. The molecule has 104 valence electrons. The van der Waals surface area contributed by atoms with E-state index in [9.17, 15) is 18.7 Å². The lowest BCUT2D eigenvalue weighted by molar-refractivity contribution is -0.129. The van der Waals surface area contributed by atoms with Crippen LogP contribution in [-0.2, 0) is 9.53 Å². The first kappa shape index (κ1) is 12.6. The van der Waals surface area contributed by atoms with Gasteiger partial charge in [-0.15, -0.1) is 0 Å². The molecule has 2 heterocycles. The fraction of sp³-hybridized carbons (Fsp3) is 0.615. The van der Waals surface area contributed by atoms with Crippen molar-refractivity contribution in [2.24, 2.45) is 11.8 Å². The second-order valence-corrected chi connectivity index (χ2v) is 5.30. The van der Waals surface area contributed by atoms with E-state index >= 15 is 0 Å². The van der Waals surface area contributed by atoms with Gasteiger partial charge in [0.15, 0.2) is 0 Å². The van der Waals surface area contributed by atoms with Crippen LogP contribution in [0.15, 0.2) is 23.5 Å². The van der Waals surface area contributed by atoms with Gasteiger partial charge in [0.1, 0.15) is 5.76 Å². The third kappa shape index (κ3) is 1.85. The average Bonchev–Trinajstić information content (AvgIpc) is 2.47. The topological polar surface area (TPSA) is 49.8 Å². The van der Waals surface area contributed by atoms with Crippen molar-refractivity contribution < 1.29 is 23.4 Å². The first-order valence-electron chi connectivity index (χ1n) is 6.31. The number of fused-ring (bicyclic) bond motifs is 2. The molecule has 0 aromatic heterocycles. The van der Waals surface area contributed by atoms with E-state index in [1.165, 1.54) is 11.0 Å². The second-order valence-electron chi connectivity index (χ2n) is 5.30. The summed E-state index contributed by atoms with van der Waals surface area (Å²) in [7, 11) is 1.65. The molecule has 4 unspecified atom stereocenters. The van der Waals surface area contributed by atoms with Gasteiger partial charge in [-0.1, -0.05) is 0 Å². The Bertz CT molecular complexity index is 475. The largest absolute Gasteiger partial charge is 0.439 e. The Balaban J connectivity index is 2.00. The second kappa shape index (κ2) is 4.30. The lowest BCUT2D eigenvalue weighted by Crippen LogP contribution is -2.45. The number of allylic oxidation sites excluding steroid dienone is 3. The molecule has 0 aromatic rings. The van der Waals surface area contributed by atoms with Gasteiger partial charge in [0.2, 0.25) is 5.91 Å². The van der Waals surface area contributed by atoms with E-state index in [1.54, 1.807) is 13.1 Å². The van der Waals surface area contributed by atoms with Crippen LogP contribution in [0.5, 0.6) is 0 Å². The summed E-state index contributed by atoms with van der Waals surface area (Å²) in [5.41, 5.74) is 0.591. The Labute approximate surface area is 109 Å². The number of carbonyl (C=O) groups excluding carboxylic acids is 1. The molecule has 19 heavy (non-hydrogen) atoms. The first-order chi connectivity index (χ1) is 8.99. The Morgan fingerprint density at radius 1 is 1.37 bits per heavy atom. The van der Waals surface area contributed by atoms with Crippen LogP contribution in [0.2, 0.25) is 0 Å². The average molecular weight is 271 g/mol.